The fourth-order valence-electron chi connectivity index (χ4n) is 4.82. The highest BCUT2D eigenvalue weighted by atomic mass is 28.4. The lowest BCUT2D eigenvalue weighted by atomic mass is 9.82. The number of ether oxygens (including phenoxy) is 1. The first kappa shape index (κ1) is 29.7. The van der Waals surface area contributed by atoms with Crippen LogP contribution in [0, 0.1) is 5.41 Å². The van der Waals surface area contributed by atoms with Crippen LogP contribution in [0.15, 0.2) is 73.3 Å². The summed E-state index contributed by atoms with van der Waals surface area (Å²) in [7, 11) is -3.15. The fraction of sp³-hybridized carbons (Fsp3) is 0.517. The number of methoxy groups -OCH3 is 1. The maximum atomic E-state index is 11.6. The van der Waals surface area contributed by atoms with Crippen LogP contribution in [0.2, 0.25) is 24.7 Å². The van der Waals surface area contributed by atoms with E-state index in [0.717, 1.165) is 0 Å². The number of aliphatic hydroxyl groups is 1. The Balaban J connectivity index is 2.59. The van der Waals surface area contributed by atoms with E-state index in [1.165, 1.54) is 10.4 Å². The van der Waals surface area contributed by atoms with Gasteiger partial charge in [0.15, 0.2) is 8.32 Å². The van der Waals surface area contributed by atoms with Gasteiger partial charge in [0.05, 0.1) is 18.8 Å². The second-order valence-electron chi connectivity index (χ2n) is 11.9. The van der Waals surface area contributed by atoms with Crippen molar-refractivity contribution in [1.29, 1.82) is 0 Å². The van der Waals surface area contributed by atoms with E-state index in [-0.39, 0.29) is 11.6 Å². The molecule has 0 aromatic heterocycles. The second-order valence-corrected chi connectivity index (χ2v) is 20.7. The molecule has 35 heavy (non-hydrogen) atoms. The highest BCUT2D eigenvalue weighted by Gasteiger charge is 2.51. The van der Waals surface area contributed by atoms with Crippen molar-refractivity contribution in [3.63, 3.8) is 0 Å². The Bertz CT molecular complexity index is 878. The third-order valence-corrected chi connectivity index (χ3v) is 12.6. The monoisotopic (exact) mass is 514 g/mol. The Morgan fingerprint density at radius 3 is 1.69 bits per heavy atom. The molecule has 2 aromatic carbocycles. The van der Waals surface area contributed by atoms with Gasteiger partial charge in [0, 0.05) is 12.5 Å². The van der Waals surface area contributed by atoms with Gasteiger partial charge in [-0.1, -0.05) is 101 Å². The van der Waals surface area contributed by atoms with Crippen molar-refractivity contribution in [2.45, 2.75) is 77.6 Å². The third-order valence-electron chi connectivity index (χ3n) is 6.59. The molecular weight excluding hydrogens is 468 g/mol. The predicted octanol–water partition coefficient (Wildman–Crippen LogP) is 5.37. The first-order chi connectivity index (χ1) is 16.2. The molecule has 2 rings (SSSR count). The number of aliphatic hydroxyl groups excluding tert-OH is 1. The van der Waals surface area contributed by atoms with Crippen LogP contribution in [0.3, 0.4) is 0 Å². The van der Waals surface area contributed by atoms with E-state index in [1.54, 1.807) is 7.11 Å². The van der Waals surface area contributed by atoms with Gasteiger partial charge < -0.3 is 18.7 Å². The van der Waals surface area contributed by atoms with Crippen molar-refractivity contribution >= 4 is 27.0 Å². The first-order valence-corrected chi connectivity index (χ1v) is 17.8. The normalized spacial score (nSPS) is 15.9. The number of benzene rings is 2. The van der Waals surface area contributed by atoms with Crippen LogP contribution in [0.5, 0.6) is 0 Å². The molecule has 0 saturated heterocycles. The van der Waals surface area contributed by atoms with E-state index in [0.29, 0.717) is 0 Å². The fourth-order valence-corrected chi connectivity index (χ4v) is 10.5. The molecule has 0 radical (unpaired) electrons. The largest absolute Gasteiger partial charge is 0.410 e. The van der Waals surface area contributed by atoms with Gasteiger partial charge in [0.25, 0.3) is 8.32 Å². The van der Waals surface area contributed by atoms with E-state index in [2.05, 4.69) is 95.5 Å². The molecule has 0 spiro atoms. The maximum absolute atomic E-state index is 11.6. The molecule has 6 heteroatoms. The summed E-state index contributed by atoms with van der Waals surface area (Å²) in [6.07, 6.45) is -0.0616. The van der Waals surface area contributed by atoms with E-state index >= 15 is 0 Å². The summed E-state index contributed by atoms with van der Waals surface area (Å²) in [5.74, 6) is 0. The van der Waals surface area contributed by atoms with E-state index in [9.17, 15) is 5.11 Å². The van der Waals surface area contributed by atoms with Gasteiger partial charge in [-0.05, 0) is 35.1 Å². The quantitative estimate of drug-likeness (QED) is 0.305. The smallest absolute Gasteiger partial charge is 0.261 e. The molecule has 0 saturated carbocycles. The zero-order chi connectivity index (χ0) is 26.5. The highest BCUT2D eigenvalue weighted by molar-refractivity contribution is 6.99. The zero-order valence-corrected chi connectivity index (χ0v) is 25.2. The van der Waals surface area contributed by atoms with Crippen LogP contribution >= 0.6 is 0 Å². The van der Waals surface area contributed by atoms with Gasteiger partial charge in [-0.25, -0.2) is 0 Å². The molecule has 1 N–H and O–H groups in total. The summed E-state index contributed by atoms with van der Waals surface area (Å²) in [6.45, 7) is 21.4. The third kappa shape index (κ3) is 7.03. The Hall–Kier alpha value is -1.55. The van der Waals surface area contributed by atoms with Crippen molar-refractivity contribution in [2.75, 3.05) is 13.7 Å². The predicted molar refractivity (Wildman–Crippen MR) is 153 cm³/mol. The summed E-state index contributed by atoms with van der Waals surface area (Å²) in [4.78, 5) is 0. The molecule has 2 aromatic rings. The van der Waals surface area contributed by atoms with Crippen LogP contribution in [-0.2, 0) is 13.6 Å². The molecule has 0 fully saturated rings. The Labute approximate surface area is 215 Å². The topological polar surface area (TPSA) is 47.9 Å². The van der Waals surface area contributed by atoms with Crippen LogP contribution in [-0.4, -0.2) is 53.8 Å². The lowest BCUT2D eigenvalue weighted by Gasteiger charge is -2.45. The lowest BCUT2D eigenvalue weighted by molar-refractivity contribution is -0.112. The Kier molecular flexibility index (Phi) is 9.90. The molecule has 0 aliphatic carbocycles. The first-order valence-electron chi connectivity index (χ1n) is 12.5. The van der Waals surface area contributed by atoms with Crippen LogP contribution < -0.4 is 10.4 Å². The van der Waals surface area contributed by atoms with Crippen LogP contribution in [0.25, 0.3) is 0 Å². The lowest BCUT2D eigenvalue weighted by Crippen LogP contribution is -2.67. The van der Waals surface area contributed by atoms with Crippen LogP contribution in [0.4, 0.5) is 0 Å². The van der Waals surface area contributed by atoms with E-state index in [4.69, 9.17) is 13.6 Å². The van der Waals surface area contributed by atoms with Crippen molar-refractivity contribution in [2.24, 2.45) is 5.41 Å². The summed E-state index contributed by atoms with van der Waals surface area (Å²) in [6, 6.07) is 21.1. The minimum Gasteiger partial charge on any atom is -0.410 e. The Morgan fingerprint density at radius 2 is 1.34 bits per heavy atom. The molecule has 0 heterocycles. The van der Waals surface area contributed by atoms with Crippen LogP contribution in [0.1, 0.15) is 34.6 Å². The van der Waals surface area contributed by atoms with Crippen molar-refractivity contribution in [3.8, 4) is 0 Å². The standard InChI is InChI=1S/C29H46O4Si2/c1-11-29(5,6)27(31-7)26(30)25(33-34(8,9)10)22-32-35(28(2,3)4,23-18-14-12-15-19-23)24-20-16-13-17-21-24/h11-21,25-27,30H,1,22H2,2-10H3/t25-,26+,27-/m1/s1. The summed E-state index contributed by atoms with van der Waals surface area (Å²) < 4.78 is 19.5. The highest BCUT2D eigenvalue weighted by Crippen LogP contribution is 2.37. The number of hydrogen-bond acceptors (Lipinski definition) is 4. The Morgan fingerprint density at radius 1 is 0.886 bits per heavy atom. The molecule has 0 aliphatic heterocycles. The molecule has 4 nitrogen and oxygen atoms in total. The number of hydrogen-bond donors (Lipinski definition) is 1. The van der Waals surface area contributed by atoms with Gasteiger partial charge in [-0.3, -0.25) is 0 Å². The van der Waals surface area contributed by atoms with Gasteiger partial charge in [-0.2, -0.15) is 0 Å². The van der Waals surface area contributed by atoms with Gasteiger partial charge in [-0.15, -0.1) is 6.58 Å². The molecule has 194 valence electrons. The average molecular weight is 515 g/mol. The van der Waals surface area contributed by atoms with Gasteiger partial charge in [0.2, 0.25) is 0 Å². The van der Waals surface area contributed by atoms with E-state index in [1.807, 2.05) is 32.1 Å². The van der Waals surface area contributed by atoms with E-state index < -0.39 is 40.4 Å². The minimum atomic E-state index is -2.77. The minimum absolute atomic E-state index is 0.161. The summed E-state index contributed by atoms with van der Waals surface area (Å²) in [5, 5.41) is 13.8. The van der Waals surface area contributed by atoms with Gasteiger partial charge >= 0.3 is 0 Å². The molecular formula is C29H46O4Si2. The molecule has 0 unspecified atom stereocenters. The van der Waals surface area contributed by atoms with Crippen molar-refractivity contribution in [3.05, 3.63) is 73.3 Å². The molecule has 3 atom stereocenters. The zero-order valence-electron chi connectivity index (χ0n) is 23.2. The van der Waals surface area contributed by atoms with Crippen molar-refractivity contribution < 1.29 is 18.7 Å². The van der Waals surface area contributed by atoms with Gasteiger partial charge in [0.1, 0.15) is 6.10 Å². The average Bonchev–Trinajstić information content (AvgIpc) is 2.78. The summed E-state index contributed by atoms with van der Waals surface area (Å²) in [5.41, 5.74) is -0.438. The molecule has 0 aliphatic rings. The maximum Gasteiger partial charge on any atom is 0.261 e. The summed E-state index contributed by atoms with van der Waals surface area (Å²) >= 11 is 0. The molecule has 0 amide bonds. The van der Waals surface area contributed by atoms with Crippen molar-refractivity contribution in [1.82, 2.24) is 0 Å². The SMILES string of the molecule is C=CC(C)(C)[C@H](OC)[C@@H](O)[C@@H](CO[Si](c1ccccc1)(c1ccccc1)C(C)(C)C)O[Si](C)(C)C. The second kappa shape index (κ2) is 11.7. The number of rotatable bonds is 12. The molecule has 0 bridgehead atoms.